The molecule has 0 unspecified atom stereocenters. The number of carbonyl (C=O) groups excluding carboxylic acids is 1. The Morgan fingerprint density at radius 2 is 1.97 bits per heavy atom. The Balaban J connectivity index is 1.59. The molecule has 0 aliphatic carbocycles. The highest BCUT2D eigenvalue weighted by atomic mass is 32.1. The lowest BCUT2D eigenvalue weighted by Gasteiger charge is -2.18. The fourth-order valence-corrected chi connectivity index (χ4v) is 4.89. The van der Waals surface area contributed by atoms with Crippen LogP contribution in [0.1, 0.15) is 30.2 Å². The molecule has 5 rings (SSSR count). The van der Waals surface area contributed by atoms with E-state index < -0.39 is 0 Å². The summed E-state index contributed by atoms with van der Waals surface area (Å²) < 4.78 is 7.34. The Morgan fingerprint density at radius 3 is 2.73 bits per heavy atom. The molecule has 8 heteroatoms. The fourth-order valence-electron chi connectivity index (χ4n) is 3.45. The van der Waals surface area contributed by atoms with Crippen LogP contribution in [0.2, 0.25) is 0 Å². The number of benzene rings is 2. The van der Waals surface area contributed by atoms with E-state index in [0.29, 0.717) is 17.4 Å². The van der Waals surface area contributed by atoms with Gasteiger partial charge in [-0.1, -0.05) is 32.0 Å². The van der Waals surface area contributed by atoms with Gasteiger partial charge in [0.25, 0.3) is 5.91 Å². The maximum atomic E-state index is 11.8. The van der Waals surface area contributed by atoms with Gasteiger partial charge in [-0.15, -0.1) is 22.7 Å². The van der Waals surface area contributed by atoms with Crippen LogP contribution < -0.4 is 14.9 Å². The van der Waals surface area contributed by atoms with E-state index in [1.165, 1.54) is 16.9 Å². The van der Waals surface area contributed by atoms with Crippen molar-refractivity contribution in [1.82, 2.24) is 4.68 Å². The van der Waals surface area contributed by atoms with Crippen LogP contribution in [0, 0.1) is 0 Å². The summed E-state index contributed by atoms with van der Waals surface area (Å²) in [6.45, 7) is 4.39. The maximum Gasteiger partial charge on any atom is 0.262 e. The normalized spacial score (nSPS) is 13.9. The number of rotatable bonds is 5. The zero-order chi connectivity index (χ0) is 22.8. The average molecular weight is 475 g/mol. The summed E-state index contributed by atoms with van der Waals surface area (Å²) in [4.78, 5) is 18.4. The average Bonchev–Trinajstić information content (AvgIpc) is 3.47. The van der Waals surface area contributed by atoms with E-state index in [-0.39, 0.29) is 12.5 Å². The Kier molecular flexibility index (Phi) is 5.93. The molecule has 2 aromatic carbocycles. The minimum absolute atomic E-state index is 0.0362. The molecule has 1 N–H and O–H groups in total. The maximum absolute atomic E-state index is 11.8. The molecule has 0 radical (unpaired) electrons. The molecule has 1 aliphatic heterocycles. The van der Waals surface area contributed by atoms with Crippen LogP contribution in [-0.2, 0) is 4.79 Å². The molecular weight excluding hydrogens is 452 g/mol. The minimum atomic E-state index is -0.158. The fraction of sp³-hybridized carbons (Fsp3) is 0.160. The van der Waals surface area contributed by atoms with Gasteiger partial charge in [-0.25, -0.2) is 9.67 Å². The largest absolute Gasteiger partial charge is 0.482 e. The van der Waals surface area contributed by atoms with Crippen molar-refractivity contribution < 1.29 is 9.53 Å². The Labute approximate surface area is 199 Å². The van der Waals surface area contributed by atoms with Crippen molar-refractivity contribution in [2.45, 2.75) is 19.8 Å². The number of nitrogens with one attached hydrogen (secondary N) is 1. The molecule has 3 heterocycles. The van der Waals surface area contributed by atoms with Gasteiger partial charge in [-0.05, 0) is 53.3 Å². The van der Waals surface area contributed by atoms with Crippen molar-refractivity contribution in [2.75, 3.05) is 11.9 Å². The number of hydrogen-bond donors (Lipinski definition) is 1. The first-order chi connectivity index (χ1) is 16.1. The predicted molar refractivity (Wildman–Crippen MR) is 135 cm³/mol. The third-order valence-corrected chi connectivity index (χ3v) is 6.84. The summed E-state index contributed by atoms with van der Waals surface area (Å²) in [5, 5.41) is 11.7. The molecule has 1 amide bonds. The minimum Gasteiger partial charge on any atom is -0.482 e. The first-order valence-electron chi connectivity index (χ1n) is 10.6. The standard InChI is InChI=1S/C25H22N4O2S2/c1-16(2)17-5-8-19(9-6-17)27-25-29(26-13-20-4-3-11-32-20)22(15-33-25)18-7-10-23-21(12-18)28-24(30)14-31-23/h3-13,15-16H,14H2,1-2H3,(H,28,30). The third-order valence-electron chi connectivity index (χ3n) is 5.22. The van der Waals surface area contributed by atoms with Crippen LogP contribution in [0.4, 0.5) is 11.4 Å². The monoisotopic (exact) mass is 474 g/mol. The van der Waals surface area contributed by atoms with Crippen LogP contribution in [0.3, 0.4) is 0 Å². The van der Waals surface area contributed by atoms with Crippen LogP contribution in [0.25, 0.3) is 11.3 Å². The van der Waals surface area contributed by atoms with Gasteiger partial charge in [-0.2, -0.15) is 5.10 Å². The molecule has 0 bridgehead atoms. The molecular formula is C25H22N4O2S2. The second-order valence-electron chi connectivity index (χ2n) is 7.88. The number of hydrogen-bond acceptors (Lipinski definition) is 6. The summed E-state index contributed by atoms with van der Waals surface area (Å²) >= 11 is 3.14. The zero-order valence-corrected chi connectivity index (χ0v) is 19.8. The molecule has 0 saturated heterocycles. The van der Waals surface area contributed by atoms with Gasteiger partial charge in [0.15, 0.2) is 6.61 Å². The number of amides is 1. The van der Waals surface area contributed by atoms with Gasteiger partial charge in [0, 0.05) is 15.8 Å². The van der Waals surface area contributed by atoms with E-state index in [1.54, 1.807) is 11.3 Å². The first-order valence-corrected chi connectivity index (χ1v) is 12.3. The highest BCUT2D eigenvalue weighted by Gasteiger charge is 2.18. The van der Waals surface area contributed by atoms with Crippen LogP contribution in [0.15, 0.2) is 75.5 Å². The molecule has 6 nitrogen and oxygen atoms in total. The first kappa shape index (κ1) is 21.4. The van der Waals surface area contributed by atoms with E-state index in [1.807, 2.05) is 64.1 Å². The van der Waals surface area contributed by atoms with Crippen molar-refractivity contribution >= 4 is 46.2 Å². The van der Waals surface area contributed by atoms with Crippen molar-refractivity contribution in [3.05, 3.63) is 80.6 Å². The van der Waals surface area contributed by atoms with Gasteiger partial charge >= 0.3 is 0 Å². The van der Waals surface area contributed by atoms with Gasteiger partial charge in [0.05, 0.1) is 23.3 Å². The Morgan fingerprint density at radius 1 is 1.12 bits per heavy atom. The smallest absolute Gasteiger partial charge is 0.262 e. The van der Waals surface area contributed by atoms with Gasteiger partial charge in [0.1, 0.15) is 5.75 Å². The highest BCUT2D eigenvalue weighted by Crippen LogP contribution is 2.33. The SMILES string of the molecule is CC(C)c1ccc(N=c2scc(-c3ccc4c(c3)NC(=O)CO4)n2N=Cc2cccs2)cc1. The van der Waals surface area contributed by atoms with E-state index >= 15 is 0 Å². The van der Waals surface area contributed by atoms with Gasteiger partial charge in [-0.3, -0.25) is 4.79 Å². The summed E-state index contributed by atoms with van der Waals surface area (Å²) in [6.07, 6.45) is 1.84. The highest BCUT2D eigenvalue weighted by molar-refractivity contribution is 7.11. The molecule has 33 heavy (non-hydrogen) atoms. The van der Waals surface area contributed by atoms with Crippen LogP contribution in [-0.4, -0.2) is 23.4 Å². The number of aromatic nitrogens is 1. The second-order valence-corrected chi connectivity index (χ2v) is 9.70. The van der Waals surface area contributed by atoms with Crippen molar-refractivity contribution in [1.29, 1.82) is 0 Å². The van der Waals surface area contributed by atoms with Crippen LogP contribution in [0.5, 0.6) is 5.75 Å². The number of carbonyl (C=O) groups is 1. The topological polar surface area (TPSA) is 68.0 Å². The lowest BCUT2D eigenvalue weighted by molar-refractivity contribution is -0.118. The van der Waals surface area contributed by atoms with E-state index in [9.17, 15) is 4.79 Å². The van der Waals surface area contributed by atoms with Crippen molar-refractivity contribution in [3.8, 4) is 17.0 Å². The van der Waals surface area contributed by atoms with E-state index in [2.05, 4.69) is 31.3 Å². The molecule has 1 aliphatic rings. The Hall–Kier alpha value is -3.49. The summed E-state index contributed by atoms with van der Waals surface area (Å²) in [5.41, 5.74) is 4.61. The quantitative estimate of drug-likeness (QED) is 0.369. The molecule has 0 atom stereocenters. The molecule has 0 saturated carbocycles. The van der Waals surface area contributed by atoms with E-state index in [4.69, 9.17) is 14.8 Å². The number of anilines is 1. The molecule has 0 fully saturated rings. The Bertz CT molecular complexity index is 1380. The predicted octanol–water partition coefficient (Wildman–Crippen LogP) is 5.85. The van der Waals surface area contributed by atoms with Crippen molar-refractivity contribution in [3.63, 3.8) is 0 Å². The van der Waals surface area contributed by atoms with Crippen molar-refractivity contribution in [2.24, 2.45) is 10.1 Å². The lowest BCUT2D eigenvalue weighted by atomic mass is 10.0. The molecule has 2 aromatic heterocycles. The summed E-state index contributed by atoms with van der Waals surface area (Å²) in [7, 11) is 0. The number of fused-ring (bicyclic) bond motifs is 1. The molecule has 4 aromatic rings. The molecule has 166 valence electrons. The zero-order valence-electron chi connectivity index (χ0n) is 18.2. The number of thiazole rings is 1. The second kappa shape index (κ2) is 9.17. The number of nitrogens with zero attached hydrogens (tertiary/aromatic N) is 3. The van der Waals surface area contributed by atoms with E-state index in [0.717, 1.165) is 26.6 Å². The molecule has 0 spiro atoms. The number of thiophene rings is 1. The van der Waals surface area contributed by atoms with Crippen LogP contribution >= 0.6 is 22.7 Å². The summed E-state index contributed by atoms with van der Waals surface area (Å²) in [6, 6.07) is 18.1. The van der Waals surface area contributed by atoms with Gasteiger partial charge in [0.2, 0.25) is 4.80 Å². The number of ether oxygens (including phenoxy) is 1. The lowest BCUT2D eigenvalue weighted by Crippen LogP contribution is -2.25. The third kappa shape index (κ3) is 4.67. The summed E-state index contributed by atoms with van der Waals surface area (Å²) in [5.74, 6) is 0.979. The van der Waals surface area contributed by atoms with Gasteiger partial charge < -0.3 is 10.1 Å².